The first-order valence-electron chi connectivity index (χ1n) is 7.80. The van der Waals surface area contributed by atoms with Crippen molar-refractivity contribution in [2.45, 2.75) is 44.9 Å². The quantitative estimate of drug-likeness (QED) is 0.909. The molecule has 2 aliphatic rings. The smallest absolute Gasteiger partial charge is 0.104 e. The second-order valence-electron chi connectivity index (χ2n) is 6.16. The van der Waals surface area contributed by atoms with Gasteiger partial charge in [0.25, 0.3) is 0 Å². The van der Waals surface area contributed by atoms with E-state index >= 15 is 0 Å². The van der Waals surface area contributed by atoms with Crippen molar-refractivity contribution >= 4 is 16.3 Å². The first kappa shape index (κ1) is 13.9. The molecule has 0 atom stereocenters. The fourth-order valence-electron chi connectivity index (χ4n) is 3.68. The minimum Gasteiger partial charge on any atom is -0.389 e. The molecule has 0 aromatic carbocycles. The van der Waals surface area contributed by atoms with Crippen LogP contribution in [0.1, 0.15) is 48.1 Å². The summed E-state index contributed by atoms with van der Waals surface area (Å²) in [4.78, 5) is 3.96. The molecule has 1 fully saturated rings. The number of rotatable bonds is 2. The Balaban J connectivity index is 1.64. The highest BCUT2D eigenvalue weighted by Gasteiger charge is 2.23. The molecular formula is C16H23N3S. The maximum Gasteiger partial charge on any atom is 0.104 e. The summed E-state index contributed by atoms with van der Waals surface area (Å²) in [6.07, 6.45) is 9.15. The van der Waals surface area contributed by atoms with Gasteiger partial charge in [-0.3, -0.25) is 0 Å². The Morgan fingerprint density at radius 2 is 1.95 bits per heavy atom. The molecule has 20 heavy (non-hydrogen) atoms. The van der Waals surface area contributed by atoms with Crippen molar-refractivity contribution in [1.82, 2.24) is 4.90 Å². The molecule has 0 radical (unpaired) electrons. The molecule has 108 valence electrons. The average molecular weight is 289 g/mol. The van der Waals surface area contributed by atoms with Crippen LogP contribution in [-0.4, -0.2) is 24.5 Å². The minimum atomic E-state index is 0.721. The Kier molecular flexibility index (Phi) is 4.28. The van der Waals surface area contributed by atoms with E-state index < -0.39 is 0 Å². The van der Waals surface area contributed by atoms with Crippen LogP contribution in [0.2, 0.25) is 0 Å². The lowest BCUT2D eigenvalue weighted by molar-refractivity contribution is 0.208. The summed E-state index contributed by atoms with van der Waals surface area (Å²) in [6, 6.07) is 2.29. The number of nitrogens with two attached hydrogens (primary N) is 1. The monoisotopic (exact) mass is 289 g/mol. The van der Waals surface area contributed by atoms with E-state index in [-0.39, 0.29) is 0 Å². The van der Waals surface area contributed by atoms with Crippen LogP contribution in [0.4, 0.5) is 5.00 Å². The highest BCUT2D eigenvalue weighted by atomic mass is 32.1. The lowest BCUT2D eigenvalue weighted by Gasteiger charge is -2.28. The Morgan fingerprint density at radius 3 is 2.70 bits per heavy atom. The highest BCUT2D eigenvalue weighted by Crippen LogP contribution is 2.33. The predicted molar refractivity (Wildman–Crippen MR) is 83.9 cm³/mol. The largest absolute Gasteiger partial charge is 0.389 e. The van der Waals surface area contributed by atoms with Gasteiger partial charge in [0.1, 0.15) is 11.1 Å². The van der Waals surface area contributed by atoms with Gasteiger partial charge in [-0.1, -0.05) is 19.3 Å². The van der Waals surface area contributed by atoms with E-state index in [0.29, 0.717) is 0 Å². The van der Waals surface area contributed by atoms with Crippen molar-refractivity contribution in [3.8, 4) is 6.07 Å². The molecular weight excluding hydrogens is 266 g/mol. The summed E-state index contributed by atoms with van der Waals surface area (Å²) in [5, 5.41) is 9.97. The third-order valence-electron chi connectivity index (χ3n) is 4.80. The molecule has 3 nitrogen and oxygen atoms in total. The van der Waals surface area contributed by atoms with E-state index in [2.05, 4.69) is 11.0 Å². The standard InChI is InChI=1S/C16H23N3S/c17-10-14-13-6-8-19(9-7-15(13)20-16(14)18)11-12-4-2-1-3-5-12/h12H,1-9,11,18H2. The van der Waals surface area contributed by atoms with Crippen molar-refractivity contribution in [2.75, 3.05) is 25.4 Å². The highest BCUT2D eigenvalue weighted by molar-refractivity contribution is 7.16. The van der Waals surface area contributed by atoms with E-state index in [1.54, 1.807) is 11.3 Å². The lowest BCUT2D eigenvalue weighted by Crippen LogP contribution is -2.32. The van der Waals surface area contributed by atoms with E-state index in [9.17, 15) is 5.26 Å². The number of nitrogen functional groups attached to an aromatic ring is 1. The van der Waals surface area contributed by atoms with Crippen molar-refractivity contribution < 1.29 is 0 Å². The van der Waals surface area contributed by atoms with Crippen molar-refractivity contribution in [3.05, 3.63) is 16.0 Å². The van der Waals surface area contributed by atoms with Gasteiger partial charge in [-0.15, -0.1) is 11.3 Å². The number of hydrogen-bond donors (Lipinski definition) is 1. The van der Waals surface area contributed by atoms with Crippen LogP contribution in [0.15, 0.2) is 0 Å². The van der Waals surface area contributed by atoms with Crippen molar-refractivity contribution in [2.24, 2.45) is 5.92 Å². The van der Waals surface area contributed by atoms with Crippen LogP contribution >= 0.6 is 11.3 Å². The number of nitrogens with zero attached hydrogens (tertiary/aromatic N) is 2. The van der Waals surface area contributed by atoms with E-state index in [1.165, 1.54) is 49.1 Å². The third kappa shape index (κ3) is 2.84. The molecule has 2 heterocycles. The van der Waals surface area contributed by atoms with Gasteiger partial charge in [-0.2, -0.15) is 5.26 Å². The van der Waals surface area contributed by atoms with Crippen LogP contribution in [0.5, 0.6) is 0 Å². The third-order valence-corrected chi connectivity index (χ3v) is 5.92. The van der Waals surface area contributed by atoms with Crippen LogP contribution in [-0.2, 0) is 12.8 Å². The van der Waals surface area contributed by atoms with Crippen LogP contribution in [0.25, 0.3) is 0 Å². The molecule has 1 aliphatic heterocycles. The zero-order chi connectivity index (χ0) is 13.9. The van der Waals surface area contributed by atoms with E-state index in [1.807, 2.05) is 0 Å². The summed E-state index contributed by atoms with van der Waals surface area (Å²) in [7, 11) is 0. The van der Waals surface area contributed by atoms with Gasteiger partial charge < -0.3 is 10.6 Å². The molecule has 4 heteroatoms. The maximum absolute atomic E-state index is 9.25. The van der Waals surface area contributed by atoms with Crippen molar-refractivity contribution in [3.63, 3.8) is 0 Å². The molecule has 1 aromatic rings. The molecule has 0 amide bonds. The molecule has 1 aromatic heterocycles. The summed E-state index contributed by atoms with van der Waals surface area (Å²) >= 11 is 1.63. The van der Waals surface area contributed by atoms with Crippen molar-refractivity contribution in [1.29, 1.82) is 5.26 Å². The zero-order valence-electron chi connectivity index (χ0n) is 12.0. The predicted octanol–water partition coefficient (Wildman–Crippen LogP) is 3.18. The summed E-state index contributed by atoms with van der Waals surface area (Å²) in [6.45, 7) is 3.48. The number of hydrogen-bond acceptors (Lipinski definition) is 4. The first-order chi connectivity index (χ1) is 9.78. The summed E-state index contributed by atoms with van der Waals surface area (Å²) in [5.74, 6) is 0.903. The topological polar surface area (TPSA) is 53.1 Å². The SMILES string of the molecule is N#Cc1c(N)sc2c1CCN(CC1CCCCC1)CC2. The Bertz CT molecular complexity index is 509. The molecule has 0 saturated heterocycles. The number of fused-ring (bicyclic) bond motifs is 1. The van der Waals surface area contributed by atoms with Gasteiger partial charge in [0.15, 0.2) is 0 Å². The number of nitriles is 1. The van der Waals surface area contributed by atoms with Crippen LogP contribution in [0, 0.1) is 17.2 Å². The van der Waals surface area contributed by atoms with Gasteiger partial charge in [-0.25, -0.2) is 0 Å². The fraction of sp³-hybridized carbons (Fsp3) is 0.688. The Hall–Kier alpha value is -1.05. The van der Waals surface area contributed by atoms with Gasteiger partial charge in [0, 0.05) is 24.5 Å². The molecule has 1 aliphatic carbocycles. The molecule has 1 saturated carbocycles. The molecule has 2 N–H and O–H groups in total. The van der Waals surface area contributed by atoms with Gasteiger partial charge in [0.05, 0.1) is 5.56 Å². The first-order valence-corrected chi connectivity index (χ1v) is 8.62. The molecule has 0 spiro atoms. The van der Waals surface area contributed by atoms with Crippen LogP contribution < -0.4 is 5.73 Å². The second kappa shape index (κ2) is 6.15. The second-order valence-corrected chi connectivity index (χ2v) is 7.30. The maximum atomic E-state index is 9.25. The summed E-state index contributed by atoms with van der Waals surface area (Å²) in [5.41, 5.74) is 7.94. The normalized spacial score (nSPS) is 21.1. The molecule has 3 rings (SSSR count). The fourth-order valence-corrected chi connectivity index (χ4v) is 4.74. The Labute approximate surface area is 125 Å². The summed E-state index contributed by atoms with van der Waals surface area (Å²) < 4.78 is 0. The van der Waals surface area contributed by atoms with Crippen LogP contribution in [0.3, 0.4) is 0 Å². The van der Waals surface area contributed by atoms with Gasteiger partial charge in [-0.05, 0) is 37.2 Å². The number of anilines is 1. The molecule has 0 bridgehead atoms. The minimum absolute atomic E-state index is 0.721. The lowest BCUT2D eigenvalue weighted by atomic mass is 9.89. The van der Waals surface area contributed by atoms with Gasteiger partial charge >= 0.3 is 0 Å². The Morgan fingerprint density at radius 1 is 1.20 bits per heavy atom. The van der Waals surface area contributed by atoms with E-state index in [0.717, 1.165) is 42.4 Å². The van der Waals surface area contributed by atoms with Gasteiger partial charge in [0.2, 0.25) is 0 Å². The number of thiophene rings is 1. The zero-order valence-corrected chi connectivity index (χ0v) is 12.8. The van der Waals surface area contributed by atoms with E-state index in [4.69, 9.17) is 5.73 Å². The average Bonchev–Trinajstić information content (AvgIpc) is 2.65. The molecule has 0 unspecified atom stereocenters.